The van der Waals surface area contributed by atoms with Crippen LogP contribution in [0.15, 0.2) is 72.3 Å². The number of carbonyl (C=O) groups excluding carboxylic acids is 3. The molecule has 9 nitrogen and oxygen atoms in total. The highest BCUT2D eigenvalue weighted by Crippen LogP contribution is 2.31. The monoisotopic (exact) mass is 508 g/mol. The predicted octanol–water partition coefficient (Wildman–Crippen LogP) is 5.19. The normalized spacial score (nSPS) is 14.9. The van der Waals surface area contributed by atoms with Crippen molar-refractivity contribution in [1.29, 1.82) is 0 Å². The number of para-hydroxylation sites is 1. The number of hydrogen-bond donors (Lipinski definition) is 1. The molecule has 0 bridgehead atoms. The average Bonchev–Trinajstić information content (AvgIpc) is 3.14. The molecule has 9 heteroatoms. The average molecular weight is 509 g/mol. The zero-order valence-electron chi connectivity index (χ0n) is 21.0. The zero-order chi connectivity index (χ0) is 27.1. The van der Waals surface area contributed by atoms with Gasteiger partial charge in [-0.2, -0.15) is 0 Å². The molecule has 0 spiro atoms. The lowest BCUT2D eigenvalue weighted by atomic mass is 10.0. The Balaban J connectivity index is 1.58. The maximum absolute atomic E-state index is 13.5. The van der Waals surface area contributed by atoms with E-state index in [1.54, 1.807) is 24.3 Å². The number of barbiturate groups is 1. The molecule has 2 heterocycles. The number of nitro benzene ring substituents is 1. The molecule has 3 aromatic carbocycles. The summed E-state index contributed by atoms with van der Waals surface area (Å²) >= 11 is 0. The van der Waals surface area contributed by atoms with E-state index in [4.69, 9.17) is 0 Å². The number of amides is 4. The van der Waals surface area contributed by atoms with E-state index in [1.807, 2.05) is 55.7 Å². The molecule has 0 saturated carbocycles. The minimum atomic E-state index is -0.794. The van der Waals surface area contributed by atoms with E-state index >= 15 is 0 Å². The SMILES string of the molecule is Cc1ccc(N2C(=O)NC(=O)/C(=C\c3c(C)n(Cc4ccc([N+](=O)[O-])cc4)c4ccccc34)C2=O)cc1C. The number of benzene rings is 3. The molecule has 0 aliphatic carbocycles. The highest BCUT2D eigenvalue weighted by Gasteiger charge is 2.37. The Hall–Kier alpha value is -5.05. The topological polar surface area (TPSA) is 115 Å². The van der Waals surface area contributed by atoms with Crippen LogP contribution in [-0.4, -0.2) is 27.3 Å². The summed E-state index contributed by atoms with van der Waals surface area (Å²) in [4.78, 5) is 50.6. The van der Waals surface area contributed by atoms with Crippen molar-refractivity contribution in [1.82, 2.24) is 9.88 Å². The van der Waals surface area contributed by atoms with E-state index in [-0.39, 0.29) is 11.3 Å². The second-order valence-corrected chi connectivity index (χ2v) is 9.25. The van der Waals surface area contributed by atoms with Crippen molar-refractivity contribution in [2.45, 2.75) is 27.3 Å². The molecule has 0 radical (unpaired) electrons. The molecule has 190 valence electrons. The van der Waals surface area contributed by atoms with Gasteiger partial charge in [0.15, 0.2) is 0 Å². The first-order valence-corrected chi connectivity index (χ1v) is 12.0. The number of fused-ring (bicyclic) bond motifs is 1. The van der Waals surface area contributed by atoms with Crippen LogP contribution < -0.4 is 10.2 Å². The van der Waals surface area contributed by atoms with Crippen molar-refractivity contribution in [3.05, 3.63) is 110 Å². The third-order valence-corrected chi connectivity index (χ3v) is 6.91. The Morgan fingerprint density at radius 2 is 1.63 bits per heavy atom. The van der Waals surface area contributed by atoms with E-state index in [2.05, 4.69) is 5.32 Å². The number of nitro groups is 1. The van der Waals surface area contributed by atoms with Crippen LogP contribution in [0.1, 0.15) is 27.9 Å². The lowest BCUT2D eigenvalue weighted by molar-refractivity contribution is -0.384. The lowest BCUT2D eigenvalue weighted by Crippen LogP contribution is -2.54. The molecular weight excluding hydrogens is 484 g/mol. The fraction of sp³-hybridized carbons (Fsp3) is 0.138. The predicted molar refractivity (Wildman–Crippen MR) is 144 cm³/mol. The second-order valence-electron chi connectivity index (χ2n) is 9.25. The molecule has 1 aliphatic rings. The van der Waals surface area contributed by atoms with E-state index in [0.717, 1.165) is 38.2 Å². The van der Waals surface area contributed by atoms with Crippen LogP contribution in [0.3, 0.4) is 0 Å². The maximum atomic E-state index is 13.5. The molecule has 0 unspecified atom stereocenters. The molecule has 1 N–H and O–H groups in total. The Labute approximate surface area is 218 Å². The number of carbonyl (C=O) groups is 3. The van der Waals surface area contributed by atoms with Crippen LogP contribution in [0.25, 0.3) is 17.0 Å². The second kappa shape index (κ2) is 9.44. The van der Waals surface area contributed by atoms with Gasteiger partial charge in [-0.05, 0) is 61.7 Å². The van der Waals surface area contributed by atoms with Gasteiger partial charge in [0.1, 0.15) is 5.57 Å². The Morgan fingerprint density at radius 1 is 0.921 bits per heavy atom. The first-order valence-electron chi connectivity index (χ1n) is 12.0. The number of hydrogen-bond acceptors (Lipinski definition) is 5. The third kappa shape index (κ3) is 4.24. The molecule has 1 aliphatic heterocycles. The van der Waals surface area contributed by atoms with Gasteiger partial charge in [-0.1, -0.05) is 36.4 Å². The third-order valence-electron chi connectivity index (χ3n) is 6.91. The van der Waals surface area contributed by atoms with Crippen LogP contribution in [0, 0.1) is 30.9 Å². The summed E-state index contributed by atoms with van der Waals surface area (Å²) in [5.41, 5.74) is 5.38. The Kier molecular flexibility index (Phi) is 6.12. The summed E-state index contributed by atoms with van der Waals surface area (Å²) in [6, 6.07) is 18.4. The number of aryl methyl sites for hydroxylation is 2. The number of non-ortho nitro benzene ring substituents is 1. The van der Waals surface area contributed by atoms with Gasteiger partial charge in [0, 0.05) is 40.8 Å². The summed E-state index contributed by atoms with van der Waals surface area (Å²) < 4.78 is 2.03. The lowest BCUT2D eigenvalue weighted by Gasteiger charge is -2.26. The van der Waals surface area contributed by atoms with Crippen LogP contribution >= 0.6 is 0 Å². The number of anilines is 1. The number of nitrogens with one attached hydrogen (secondary N) is 1. The van der Waals surface area contributed by atoms with Gasteiger partial charge < -0.3 is 4.57 Å². The summed E-state index contributed by atoms with van der Waals surface area (Å²) in [5.74, 6) is -1.46. The van der Waals surface area contributed by atoms with Gasteiger partial charge in [-0.3, -0.25) is 25.0 Å². The van der Waals surface area contributed by atoms with Gasteiger partial charge in [-0.25, -0.2) is 9.69 Å². The van der Waals surface area contributed by atoms with Crippen LogP contribution in [-0.2, 0) is 16.1 Å². The van der Waals surface area contributed by atoms with Crippen molar-refractivity contribution in [3.8, 4) is 0 Å². The van der Waals surface area contributed by atoms with Crippen LogP contribution in [0.4, 0.5) is 16.2 Å². The molecule has 38 heavy (non-hydrogen) atoms. The highest BCUT2D eigenvalue weighted by molar-refractivity contribution is 6.39. The summed E-state index contributed by atoms with van der Waals surface area (Å²) in [6.07, 6.45) is 1.53. The van der Waals surface area contributed by atoms with Crippen molar-refractivity contribution < 1.29 is 19.3 Å². The molecule has 1 saturated heterocycles. The van der Waals surface area contributed by atoms with Crippen molar-refractivity contribution >= 4 is 46.2 Å². The van der Waals surface area contributed by atoms with Gasteiger partial charge >= 0.3 is 6.03 Å². The Morgan fingerprint density at radius 3 is 2.32 bits per heavy atom. The van der Waals surface area contributed by atoms with Crippen molar-refractivity contribution in [2.75, 3.05) is 4.90 Å². The minimum absolute atomic E-state index is 0.0120. The fourth-order valence-electron chi connectivity index (χ4n) is 4.65. The van der Waals surface area contributed by atoms with Gasteiger partial charge in [0.25, 0.3) is 17.5 Å². The van der Waals surface area contributed by atoms with E-state index in [1.165, 1.54) is 18.2 Å². The maximum Gasteiger partial charge on any atom is 0.335 e. The first-order chi connectivity index (χ1) is 18.2. The molecule has 1 fully saturated rings. The number of imide groups is 2. The molecular formula is C29H24N4O5. The van der Waals surface area contributed by atoms with Crippen molar-refractivity contribution in [2.24, 2.45) is 0 Å². The quantitative estimate of drug-likeness (QED) is 0.172. The molecule has 0 atom stereocenters. The van der Waals surface area contributed by atoms with Crippen LogP contribution in [0.2, 0.25) is 0 Å². The zero-order valence-corrected chi connectivity index (χ0v) is 21.0. The first kappa shape index (κ1) is 24.6. The minimum Gasteiger partial charge on any atom is -0.340 e. The number of rotatable bonds is 5. The molecule has 4 amide bonds. The number of nitrogens with zero attached hydrogens (tertiary/aromatic N) is 3. The Bertz CT molecular complexity index is 1680. The molecule has 1 aromatic heterocycles. The van der Waals surface area contributed by atoms with E-state index in [9.17, 15) is 24.5 Å². The molecule has 5 rings (SSSR count). The van der Waals surface area contributed by atoms with Gasteiger partial charge in [0.2, 0.25) is 0 Å². The highest BCUT2D eigenvalue weighted by atomic mass is 16.6. The fourth-order valence-corrected chi connectivity index (χ4v) is 4.65. The largest absolute Gasteiger partial charge is 0.340 e. The standard InChI is InChI=1S/C29H24N4O5/c1-17-8-11-22(14-18(17)2)32-28(35)25(27(34)30-29(32)36)15-24-19(3)31(26-7-5-4-6-23(24)26)16-20-9-12-21(13-10-20)33(37)38/h4-15H,16H2,1-3H3,(H,30,34,36)/b25-15+. The number of urea groups is 1. The smallest absolute Gasteiger partial charge is 0.335 e. The summed E-state index contributed by atoms with van der Waals surface area (Å²) in [7, 11) is 0. The summed E-state index contributed by atoms with van der Waals surface area (Å²) in [5, 5.41) is 14.1. The summed E-state index contributed by atoms with van der Waals surface area (Å²) in [6.45, 7) is 6.13. The van der Waals surface area contributed by atoms with Gasteiger partial charge in [0.05, 0.1) is 10.6 Å². The molecule has 4 aromatic rings. The van der Waals surface area contributed by atoms with E-state index in [0.29, 0.717) is 17.8 Å². The van der Waals surface area contributed by atoms with Gasteiger partial charge in [-0.15, -0.1) is 0 Å². The number of aromatic nitrogens is 1. The van der Waals surface area contributed by atoms with Crippen molar-refractivity contribution in [3.63, 3.8) is 0 Å². The van der Waals surface area contributed by atoms with E-state index < -0.39 is 22.8 Å². The van der Waals surface area contributed by atoms with Crippen LogP contribution in [0.5, 0.6) is 0 Å².